The Balaban J connectivity index is 2.48. The van der Waals surface area contributed by atoms with E-state index >= 15 is 0 Å². The van der Waals surface area contributed by atoms with Crippen LogP contribution in [0.1, 0.15) is 6.92 Å². The molecule has 0 aromatic carbocycles. The van der Waals surface area contributed by atoms with E-state index in [2.05, 4.69) is 20.8 Å². The Morgan fingerprint density at radius 1 is 1.40 bits per heavy atom. The Morgan fingerprint density at radius 3 is 2.70 bits per heavy atom. The first kappa shape index (κ1) is 16.2. The minimum atomic E-state index is -4.46. The van der Waals surface area contributed by atoms with Crippen molar-refractivity contribution >= 4 is 23.7 Å². The normalized spacial score (nSPS) is 11.2. The lowest BCUT2D eigenvalue weighted by atomic mass is 10.6. The van der Waals surface area contributed by atoms with Crippen LogP contribution in [0, 0.1) is 0 Å². The highest BCUT2D eigenvalue weighted by Crippen LogP contribution is 2.20. The third-order valence-electron chi connectivity index (χ3n) is 1.75. The molecule has 0 saturated carbocycles. The molecule has 0 aliphatic rings. The van der Waals surface area contributed by atoms with E-state index in [0.717, 1.165) is 0 Å². The van der Waals surface area contributed by atoms with Gasteiger partial charge in [0.15, 0.2) is 0 Å². The van der Waals surface area contributed by atoms with Gasteiger partial charge < -0.3 is 5.32 Å². The average molecular weight is 312 g/mol. The molecular weight excluding hydrogens is 301 g/mol. The van der Waals surface area contributed by atoms with Gasteiger partial charge in [-0.25, -0.2) is 9.48 Å². The van der Waals surface area contributed by atoms with Crippen molar-refractivity contribution in [2.45, 2.75) is 24.8 Å². The van der Waals surface area contributed by atoms with Crippen molar-refractivity contribution in [1.82, 2.24) is 30.8 Å². The number of hydrogen-bond donors (Lipinski definition) is 2. The van der Waals surface area contributed by atoms with Crippen LogP contribution in [0.5, 0.6) is 0 Å². The van der Waals surface area contributed by atoms with Crippen molar-refractivity contribution in [3.63, 3.8) is 0 Å². The summed E-state index contributed by atoms with van der Waals surface area (Å²) >= 11 is 0.697. The minimum absolute atomic E-state index is 0.159. The van der Waals surface area contributed by atoms with Crippen LogP contribution in [-0.2, 0) is 11.3 Å². The van der Waals surface area contributed by atoms with E-state index in [1.807, 2.05) is 5.32 Å². The van der Waals surface area contributed by atoms with Crippen molar-refractivity contribution in [1.29, 1.82) is 0 Å². The lowest BCUT2D eigenvalue weighted by molar-refractivity contribution is -0.144. The van der Waals surface area contributed by atoms with Crippen LogP contribution in [0.3, 0.4) is 0 Å². The fourth-order valence-electron chi connectivity index (χ4n) is 1.07. The molecule has 20 heavy (non-hydrogen) atoms. The van der Waals surface area contributed by atoms with E-state index in [9.17, 15) is 22.8 Å². The second-order valence-corrected chi connectivity index (χ2v) is 4.37. The predicted octanol–water partition coefficient (Wildman–Crippen LogP) is 0.173. The summed E-state index contributed by atoms with van der Waals surface area (Å²) in [6.07, 6.45) is -4.46. The Bertz CT molecular complexity index is 477. The summed E-state index contributed by atoms with van der Waals surface area (Å²) in [6.45, 7) is 0.667. The Hall–Kier alpha value is -1.85. The molecule has 0 bridgehead atoms. The van der Waals surface area contributed by atoms with Crippen LogP contribution < -0.4 is 10.6 Å². The SMILES string of the molecule is CCNC(=O)NC(=O)CSc1nnnn1CC(F)(F)F. The van der Waals surface area contributed by atoms with Crippen molar-refractivity contribution in [3.05, 3.63) is 0 Å². The summed E-state index contributed by atoms with van der Waals surface area (Å²) in [7, 11) is 0. The molecule has 0 unspecified atom stereocenters. The van der Waals surface area contributed by atoms with E-state index in [1.54, 1.807) is 6.92 Å². The largest absolute Gasteiger partial charge is 0.408 e. The lowest BCUT2D eigenvalue weighted by Gasteiger charge is -2.07. The summed E-state index contributed by atoms with van der Waals surface area (Å²) < 4.78 is 37.1. The predicted molar refractivity (Wildman–Crippen MR) is 61.8 cm³/mol. The highest BCUT2D eigenvalue weighted by molar-refractivity contribution is 7.99. The number of aromatic nitrogens is 4. The second-order valence-electron chi connectivity index (χ2n) is 3.43. The number of tetrazole rings is 1. The number of urea groups is 1. The van der Waals surface area contributed by atoms with Crippen LogP contribution in [0.4, 0.5) is 18.0 Å². The Kier molecular flexibility index (Phi) is 5.73. The molecule has 0 radical (unpaired) electrons. The first-order chi connectivity index (χ1) is 9.31. The minimum Gasteiger partial charge on any atom is -0.338 e. The quantitative estimate of drug-likeness (QED) is 0.752. The zero-order chi connectivity index (χ0) is 15.2. The Morgan fingerprint density at radius 2 is 2.10 bits per heavy atom. The number of alkyl halides is 3. The van der Waals surface area contributed by atoms with Crippen molar-refractivity contribution in [3.8, 4) is 0 Å². The van der Waals surface area contributed by atoms with Gasteiger partial charge in [0.05, 0.1) is 5.75 Å². The average Bonchev–Trinajstić information content (AvgIpc) is 2.71. The summed E-state index contributed by atoms with van der Waals surface area (Å²) in [5, 5.41) is 13.8. The van der Waals surface area contributed by atoms with Crippen LogP contribution >= 0.6 is 11.8 Å². The fourth-order valence-corrected chi connectivity index (χ4v) is 1.74. The van der Waals surface area contributed by atoms with Crippen LogP contribution in [0.2, 0.25) is 0 Å². The number of nitrogens with zero attached hydrogens (tertiary/aromatic N) is 4. The van der Waals surface area contributed by atoms with Gasteiger partial charge in [-0.05, 0) is 17.4 Å². The summed E-state index contributed by atoms with van der Waals surface area (Å²) in [5.41, 5.74) is 0. The fraction of sp³-hybridized carbons (Fsp3) is 0.625. The number of halogens is 3. The molecular formula is C8H11F3N6O2S. The first-order valence-electron chi connectivity index (χ1n) is 5.35. The standard InChI is InChI=1S/C8H11F3N6O2S/c1-2-12-6(19)13-5(18)3-20-7-14-15-16-17(7)4-8(9,10)11/h2-4H2,1H3,(H2,12,13,18,19). The van der Waals surface area contributed by atoms with Crippen LogP contribution in [0.25, 0.3) is 0 Å². The monoisotopic (exact) mass is 312 g/mol. The first-order valence-corrected chi connectivity index (χ1v) is 6.33. The van der Waals surface area contributed by atoms with E-state index in [4.69, 9.17) is 0 Å². The van der Waals surface area contributed by atoms with E-state index in [0.29, 0.717) is 23.0 Å². The number of carbonyl (C=O) groups excluding carboxylic acids is 2. The zero-order valence-electron chi connectivity index (χ0n) is 10.3. The molecule has 1 heterocycles. The highest BCUT2D eigenvalue weighted by atomic mass is 32.2. The molecule has 2 N–H and O–H groups in total. The number of rotatable bonds is 5. The molecule has 0 aliphatic heterocycles. The Labute approximate surface area is 115 Å². The third-order valence-corrected chi connectivity index (χ3v) is 2.71. The van der Waals surface area contributed by atoms with Gasteiger partial charge in [0.2, 0.25) is 11.1 Å². The molecule has 8 nitrogen and oxygen atoms in total. The number of carbonyl (C=O) groups is 2. The summed E-state index contributed by atoms with van der Waals surface area (Å²) in [5.74, 6) is -0.947. The topological polar surface area (TPSA) is 102 Å². The van der Waals surface area contributed by atoms with Gasteiger partial charge in [-0.3, -0.25) is 10.1 Å². The number of hydrogen-bond acceptors (Lipinski definition) is 6. The maximum atomic E-state index is 12.2. The molecule has 12 heteroatoms. The van der Waals surface area contributed by atoms with Gasteiger partial charge >= 0.3 is 12.2 Å². The molecule has 0 atom stereocenters. The second kappa shape index (κ2) is 7.07. The van der Waals surface area contributed by atoms with Gasteiger partial charge in [0, 0.05) is 6.54 Å². The summed E-state index contributed by atoms with van der Waals surface area (Å²) in [4.78, 5) is 22.3. The van der Waals surface area contributed by atoms with Crippen LogP contribution in [-0.4, -0.2) is 50.6 Å². The van der Waals surface area contributed by atoms with Crippen molar-refractivity contribution in [2.75, 3.05) is 12.3 Å². The molecule has 0 saturated heterocycles. The van der Waals surface area contributed by atoms with Gasteiger partial charge in [-0.15, -0.1) is 5.10 Å². The number of amides is 3. The van der Waals surface area contributed by atoms with E-state index in [1.165, 1.54) is 0 Å². The van der Waals surface area contributed by atoms with Gasteiger partial charge in [-0.2, -0.15) is 13.2 Å². The van der Waals surface area contributed by atoms with Crippen molar-refractivity contribution < 1.29 is 22.8 Å². The molecule has 1 aromatic rings. The molecule has 1 aromatic heterocycles. The molecule has 3 amide bonds. The maximum Gasteiger partial charge on any atom is 0.408 e. The number of thioether (sulfide) groups is 1. The molecule has 1 rings (SSSR count). The molecule has 0 spiro atoms. The van der Waals surface area contributed by atoms with E-state index in [-0.39, 0.29) is 10.9 Å². The molecule has 0 fully saturated rings. The number of imide groups is 1. The molecule has 0 aliphatic carbocycles. The number of nitrogens with one attached hydrogen (secondary N) is 2. The molecule has 112 valence electrons. The van der Waals surface area contributed by atoms with Gasteiger partial charge in [-0.1, -0.05) is 11.8 Å². The smallest absolute Gasteiger partial charge is 0.338 e. The highest BCUT2D eigenvalue weighted by Gasteiger charge is 2.30. The van der Waals surface area contributed by atoms with Crippen molar-refractivity contribution in [2.24, 2.45) is 0 Å². The lowest BCUT2D eigenvalue weighted by Crippen LogP contribution is -2.40. The van der Waals surface area contributed by atoms with Crippen LogP contribution in [0.15, 0.2) is 5.16 Å². The maximum absolute atomic E-state index is 12.2. The zero-order valence-corrected chi connectivity index (χ0v) is 11.1. The van der Waals surface area contributed by atoms with E-state index < -0.39 is 24.7 Å². The summed E-state index contributed by atoms with van der Waals surface area (Å²) in [6, 6.07) is -0.673. The third kappa shape index (κ3) is 5.86. The van der Waals surface area contributed by atoms with Gasteiger partial charge in [0.25, 0.3) is 0 Å². The van der Waals surface area contributed by atoms with Gasteiger partial charge in [0.1, 0.15) is 6.54 Å².